The number of nitrogens with one attached hydrogen (secondary N) is 1. The summed E-state index contributed by atoms with van der Waals surface area (Å²) >= 11 is 0. The minimum absolute atomic E-state index is 0.0617. The Morgan fingerprint density at radius 2 is 1.57 bits per heavy atom. The van der Waals surface area contributed by atoms with Crippen LogP contribution in [0.5, 0.6) is 11.5 Å². The number of carbonyl (C=O) groups excluding carboxylic acids is 2. The molecule has 8 nitrogen and oxygen atoms in total. The lowest BCUT2D eigenvalue weighted by molar-refractivity contribution is -0.119. The third kappa shape index (κ3) is 4.72. The summed E-state index contributed by atoms with van der Waals surface area (Å²) in [6.07, 6.45) is 0. The van der Waals surface area contributed by atoms with Crippen molar-refractivity contribution in [1.82, 2.24) is 4.57 Å². The van der Waals surface area contributed by atoms with Gasteiger partial charge < -0.3 is 24.1 Å². The molecule has 4 rings (SSSR count). The smallest absolute Gasteiger partial charge is 0.356 e. The van der Waals surface area contributed by atoms with Crippen LogP contribution >= 0.6 is 0 Å². The number of pyridine rings is 1. The van der Waals surface area contributed by atoms with Crippen LogP contribution in [-0.4, -0.2) is 37.3 Å². The first-order valence-electron chi connectivity index (χ1n) is 10.8. The van der Waals surface area contributed by atoms with Gasteiger partial charge in [0, 0.05) is 24.1 Å². The molecule has 0 saturated heterocycles. The molecule has 1 heterocycles. The van der Waals surface area contributed by atoms with Crippen molar-refractivity contribution in [2.45, 2.75) is 0 Å². The molecular formula is C27H24N2O6. The Kier molecular flexibility index (Phi) is 6.82. The van der Waals surface area contributed by atoms with Crippen molar-refractivity contribution in [3.8, 4) is 22.6 Å². The van der Waals surface area contributed by atoms with E-state index in [0.717, 1.165) is 5.56 Å². The third-order valence-corrected chi connectivity index (χ3v) is 5.57. The van der Waals surface area contributed by atoms with Crippen molar-refractivity contribution >= 4 is 28.3 Å². The Labute approximate surface area is 201 Å². The van der Waals surface area contributed by atoms with Crippen LogP contribution in [0.15, 0.2) is 77.6 Å². The molecule has 0 aliphatic heterocycles. The van der Waals surface area contributed by atoms with E-state index in [1.165, 1.54) is 25.8 Å². The largest absolute Gasteiger partial charge is 0.497 e. The van der Waals surface area contributed by atoms with E-state index in [2.05, 4.69) is 5.32 Å². The standard InChI is InChI=1S/C27H24N2O6/c1-29-25(24(17-9-5-4-6-10-17)19-11-7-8-12-20(19)26(29)31)27(32)35-16-23(30)28-21-15-18(33-2)13-14-22(21)34-3/h4-15H,16H2,1-3H3,(H,28,30). The first kappa shape index (κ1) is 23.6. The average molecular weight is 472 g/mol. The van der Waals surface area contributed by atoms with E-state index in [4.69, 9.17) is 14.2 Å². The molecule has 0 spiro atoms. The molecule has 35 heavy (non-hydrogen) atoms. The van der Waals surface area contributed by atoms with E-state index in [1.54, 1.807) is 42.5 Å². The van der Waals surface area contributed by atoms with E-state index >= 15 is 0 Å². The summed E-state index contributed by atoms with van der Waals surface area (Å²) in [4.78, 5) is 38.8. The molecule has 3 aromatic carbocycles. The maximum atomic E-state index is 13.2. The molecule has 0 bridgehead atoms. The highest BCUT2D eigenvalue weighted by Gasteiger charge is 2.23. The zero-order chi connectivity index (χ0) is 24.9. The molecule has 178 valence electrons. The van der Waals surface area contributed by atoms with Crippen molar-refractivity contribution in [3.63, 3.8) is 0 Å². The van der Waals surface area contributed by atoms with Crippen LogP contribution in [-0.2, 0) is 16.6 Å². The summed E-state index contributed by atoms with van der Waals surface area (Å²) < 4.78 is 17.1. The minimum Gasteiger partial charge on any atom is -0.497 e. The summed E-state index contributed by atoms with van der Waals surface area (Å²) in [5, 5.41) is 3.76. The number of rotatable bonds is 7. The number of ether oxygens (including phenoxy) is 3. The Morgan fingerprint density at radius 1 is 0.886 bits per heavy atom. The number of aromatic nitrogens is 1. The number of anilines is 1. The van der Waals surface area contributed by atoms with E-state index in [-0.39, 0.29) is 11.3 Å². The van der Waals surface area contributed by atoms with Gasteiger partial charge in [0.25, 0.3) is 11.5 Å². The molecule has 1 N–H and O–H groups in total. The third-order valence-electron chi connectivity index (χ3n) is 5.57. The van der Waals surface area contributed by atoms with Crippen LogP contribution in [0, 0.1) is 0 Å². The number of hydrogen-bond donors (Lipinski definition) is 1. The van der Waals surface area contributed by atoms with Crippen molar-refractivity contribution in [3.05, 3.63) is 88.8 Å². The zero-order valence-electron chi connectivity index (χ0n) is 19.5. The molecule has 0 aliphatic rings. The predicted octanol–water partition coefficient (Wildman–Crippen LogP) is 4.02. The van der Waals surface area contributed by atoms with Crippen molar-refractivity contribution in [2.24, 2.45) is 7.05 Å². The van der Waals surface area contributed by atoms with Gasteiger partial charge in [-0.3, -0.25) is 9.59 Å². The highest BCUT2D eigenvalue weighted by atomic mass is 16.5. The number of methoxy groups -OCH3 is 2. The second-order valence-electron chi connectivity index (χ2n) is 7.69. The van der Waals surface area contributed by atoms with Gasteiger partial charge in [0.05, 0.1) is 19.9 Å². The Balaban J connectivity index is 1.65. The number of fused-ring (bicyclic) bond motifs is 1. The normalized spacial score (nSPS) is 10.6. The molecule has 0 radical (unpaired) electrons. The van der Waals surface area contributed by atoms with Gasteiger partial charge in [-0.05, 0) is 29.1 Å². The molecule has 1 aromatic heterocycles. The van der Waals surface area contributed by atoms with Gasteiger partial charge in [-0.2, -0.15) is 0 Å². The van der Waals surface area contributed by atoms with E-state index < -0.39 is 18.5 Å². The van der Waals surface area contributed by atoms with Crippen molar-refractivity contribution in [2.75, 3.05) is 26.1 Å². The lowest BCUT2D eigenvalue weighted by atomic mass is 9.97. The molecule has 4 aromatic rings. The zero-order valence-corrected chi connectivity index (χ0v) is 19.5. The number of esters is 1. The van der Waals surface area contributed by atoms with Crippen LogP contribution in [0.25, 0.3) is 21.9 Å². The summed E-state index contributed by atoms with van der Waals surface area (Å²) in [6, 6.07) is 21.3. The topological polar surface area (TPSA) is 95.9 Å². The Bertz CT molecular complexity index is 1460. The fourth-order valence-electron chi connectivity index (χ4n) is 3.90. The second-order valence-corrected chi connectivity index (χ2v) is 7.69. The van der Waals surface area contributed by atoms with Gasteiger partial charge in [0.2, 0.25) is 0 Å². The van der Waals surface area contributed by atoms with Crippen LogP contribution in [0.1, 0.15) is 10.5 Å². The Hall–Kier alpha value is -4.59. The molecule has 8 heteroatoms. The molecule has 0 atom stereocenters. The van der Waals surface area contributed by atoms with Crippen LogP contribution in [0.2, 0.25) is 0 Å². The molecule has 0 fully saturated rings. The fourth-order valence-corrected chi connectivity index (χ4v) is 3.90. The highest BCUT2D eigenvalue weighted by molar-refractivity contribution is 6.07. The maximum Gasteiger partial charge on any atom is 0.356 e. The van der Waals surface area contributed by atoms with E-state index in [0.29, 0.717) is 33.5 Å². The molecule has 0 saturated carbocycles. The molecule has 0 unspecified atom stereocenters. The van der Waals surface area contributed by atoms with Crippen LogP contribution < -0.4 is 20.3 Å². The highest BCUT2D eigenvalue weighted by Crippen LogP contribution is 2.31. The maximum absolute atomic E-state index is 13.2. The van der Waals surface area contributed by atoms with Gasteiger partial charge in [0.15, 0.2) is 6.61 Å². The quantitative estimate of drug-likeness (QED) is 0.408. The fraction of sp³-hybridized carbons (Fsp3) is 0.148. The molecular weight excluding hydrogens is 448 g/mol. The number of nitrogens with zero attached hydrogens (tertiary/aromatic N) is 1. The summed E-state index contributed by atoms with van der Waals surface area (Å²) in [5.74, 6) is -0.413. The van der Waals surface area contributed by atoms with Gasteiger partial charge in [-0.15, -0.1) is 0 Å². The molecule has 1 amide bonds. The summed E-state index contributed by atoms with van der Waals surface area (Å²) in [5.41, 5.74) is 1.40. The number of carbonyl (C=O) groups is 2. The first-order valence-corrected chi connectivity index (χ1v) is 10.8. The minimum atomic E-state index is -0.790. The SMILES string of the molecule is COc1ccc(OC)c(NC(=O)COC(=O)c2c(-c3ccccc3)c3ccccc3c(=O)n2C)c1. The average Bonchev–Trinajstić information content (AvgIpc) is 2.89. The van der Waals surface area contributed by atoms with Crippen molar-refractivity contribution < 1.29 is 23.8 Å². The van der Waals surface area contributed by atoms with Gasteiger partial charge >= 0.3 is 5.97 Å². The molecule has 0 aliphatic carbocycles. The summed E-state index contributed by atoms with van der Waals surface area (Å²) in [6.45, 7) is -0.561. The Morgan fingerprint density at radius 3 is 2.26 bits per heavy atom. The monoisotopic (exact) mass is 472 g/mol. The first-order chi connectivity index (χ1) is 16.9. The predicted molar refractivity (Wildman–Crippen MR) is 133 cm³/mol. The van der Waals surface area contributed by atoms with Gasteiger partial charge in [-0.25, -0.2) is 4.79 Å². The summed E-state index contributed by atoms with van der Waals surface area (Å²) in [7, 11) is 4.50. The second kappa shape index (κ2) is 10.1. The number of hydrogen-bond acceptors (Lipinski definition) is 6. The van der Waals surface area contributed by atoms with Gasteiger partial charge in [-0.1, -0.05) is 48.5 Å². The number of benzene rings is 3. The van der Waals surface area contributed by atoms with Crippen molar-refractivity contribution in [1.29, 1.82) is 0 Å². The van der Waals surface area contributed by atoms with Crippen LogP contribution in [0.4, 0.5) is 5.69 Å². The van der Waals surface area contributed by atoms with Gasteiger partial charge in [0.1, 0.15) is 17.2 Å². The van der Waals surface area contributed by atoms with E-state index in [1.807, 2.05) is 30.3 Å². The number of amides is 1. The van der Waals surface area contributed by atoms with E-state index in [9.17, 15) is 14.4 Å². The lowest BCUT2D eigenvalue weighted by Gasteiger charge is -2.17. The van der Waals surface area contributed by atoms with Crippen LogP contribution in [0.3, 0.4) is 0 Å². The lowest BCUT2D eigenvalue weighted by Crippen LogP contribution is -2.28.